The third kappa shape index (κ3) is 3.83. The highest BCUT2D eigenvalue weighted by Crippen LogP contribution is 2.38. The number of fused-ring (bicyclic) bond motifs is 2. The topological polar surface area (TPSA) is 63.0 Å². The Morgan fingerprint density at radius 2 is 1.71 bits per heavy atom. The SMILES string of the molecule is CCOc1ccc(C2c3c(oc4ccccc4c3=O)C(=O)N2CCN(CC)CC)cc1. The Hall–Kier alpha value is -3.12. The molecule has 1 aliphatic rings. The van der Waals surface area contributed by atoms with Crippen LogP contribution in [0.5, 0.6) is 5.75 Å². The van der Waals surface area contributed by atoms with Crippen LogP contribution in [0.3, 0.4) is 0 Å². The van der Waals surface area contributed by atoms with Gasteiger partial charge in [-0.05, 0) is 49.8 Å². The summed E-state index contributed by atoms with van der Waals surface area (Å²) in [6.45, 7) is 9.77. The van der Waals surface area contributed by atoms with Gasteiger partial charge in [0.1, 0.15) is 11.3 Å². The monoisotopic (exact) mass is 420 g/mol. The molecule has 4 rings (SSSR count). The first-order chi connectivity index (χ1) is 15.1. The zero-order chi connectivity index (χ0) is 22.0. The third-order valence-electron chi connectivity index (χ3n) is 5.93. The summed E-state index contributed by atoms with van der Waals surface area (Å²) >= 11 is 0. The highest BCUT2D eigenvalue weighted by molar-refractivity contribution is 5.99. The lowest BCUT2D eigenvalue weighted by atomic mass is 9.98. The van der Waals surface area contributed by atoms with Gasteiger partial charge in [0.25, 0.3) is 5.91 Å². The maximum atomic E-state index is 13.4. The van der Waals surface area contributed by atoms with Gasteiger partial charge in [-0.2, -0.15) is 0 Å². The average molecular weight is 421 g/mol. The van der Waals surface area contributed by atoms with Crippen molar-refractivity contribution in [2.24, 2.45) is 0 Å². The number of hydrogen-bond acceptors (Lipinski definition) is 5. The van der Waals surface area contributed by atoms with E-state index < -0.39 is 6.04 Å². The molecule has 2 heterocycles. The molecule has 1 aromatic heterocycles. The standard InChI is InChI=1S/C25H28N2O4/c1-4-26(5-2)15-16-27-22(17-11-13-18(14-12-17)30-6-3)21-23(28)19-9-7-8-10-20(19)31-24(21)25(27)29/h7-14,22H,4-6,15-16H2,1-3H3. The van der Waals surface area contributed by atoms with Crippen molar-refractivity contribution in [2.75, 3.05) is 32.8 Å². The van der Waals surface area contributed by atoms with E-state index in [1.54, 1.807) is 23.1 Å². The largest absolute Gasteiger partial charge is 0.494 e. The van der Waals surface area contributed by atoms with Crippen molar-refractivity contribution >= 4 is 16.9 Å². The number of likely N-dealkylation sites (N-methyl/N-ethyl adjacent to an activating group) is 1. The van der Waals surface area contributed by atoms with Crippen molar-refractivity contribution in [3.05, 3.63) is 75.6 Å². The lowest BCUT2D eigenvalue weighted by Gasteiger charge is -2.28. The molecule has 0 N–H and O–H groups in total. The minimum atomic E-state index is -0.477. The van der Waals surface area contributed by atoms with Crippen molar-refractivity contribution in [3.8, 4) is 5.75 Å². The number of rotatable bonds is 8. The van der Waals surface area contributed by atoms with E-state index in [0.717, 1.165) is 30.9 Å². The lowest BCUT2D eigenvalue weighted by molar-refractivity contribution is 0.0708. The molecule has 6 heteroatoms. The Morgan fingerprint density at radius 3 is 2.39 bits per heavy atom. The van der Waals surface area contributed by atoms with Crippen molar-refractivity contribution in [3.63, 3.8) is 0 Å². The van der Waals surface area contributed by atoms with E-state index in [1.807, 2.05) is 37.3 Å². The highest BCUT2D eigenvalue weighted by Gasteiger charge is 2.42. The normalized spacial score (nSPS) is 15.7. The number of carbonyl (C=O) groups excluding carboxylic acids is 1. The molecule has 3 aromatic rings. The molecular weight excluding hydrogens is 392 g/mol. The minimum absolute atomic E-state index is 0.144. The van der Waals surface area contributed by atoms with E-state index in [9.17, 15) is 9.59 Å². The van der Waals surface area contributed by atoms with E-state index in [4.69, 9.17) is 9.15 Å². The van der Waals surface area contributed by atoms with Gasteiger partial charge in [0.2, 0.25) is 5.76 Å². The van der Waals surface area contributed by atoms with Crippen LogP contribution in [0.4, 0.5) is 0 Å². The smallest absolute Gasteiger partial charge is 0.290 e. The van der Waals surface area contributed by atoms with Crippen LogP contribution < -0.4 is 10.2 Å². The molecule has 1 amide bonds. The molecule has 1 aliphatic heterocycles. The molecule has 2 aromatic carbocycles. The summed E-state index contributed by atoms with van der Waals surface area (Å²) in [5, 5.41) is 0.496. The molecular formula is C25H28N2O4. The first-order valence-electron chi connectivity index (χ1n) is 10.9. The maximum absolute atomic E-state index is 13.4. The van der Waals surface area contributed by atoms with Gasteiger partial charge in [-0.15, -0.1) is 0 Å². The minimum Gasteiger partial charge on any atom is -0.494 e. The van der Waals surface area contributed by atoms with Gasteiger partial charge in [-0.3, -0.25) is 9.59 Å². The van der Waals surface area contributed by atoms with Crippen LogP contribution >= 0.6 is 0 Å². The molecule has 1 atom stereocenters. The van der Waals surface area contributed by atoms with E-state index in [2.05, 4.69) is 18.7 Å². The Balaban J connectivity index is 1.82. The Labute approximate surface area is 182 Å². The summed E-state index contributed by atoms with van der Waals surface area (Å²) in [4.78, 5) is 30.9. The van der Waals surface area contributed by atoms with E-state index in [-0.39, 0.29) is 17.1 Å². The maximum Gasteiger partial charge on any atom is 0.290 e. The third-order valence-corrected chi connectivity index (χ3v) is 5.93. The molecule has 1 unspecified atom stereocenters. The van der Waals surface area contributed by atoms with Gasteiger partial charge in [-0.1, -0.05) is 38.1 Å². The number of nitrogens with zero attached hydrogens (tertiary/aromatic N) is 2. The van der Waals surface area contributed by atoms with Gasteiger partial charge in [0.15, 0.2) is 5.43 Å². The highest BCUT2D eigenvalue weighted by atomic mass is 16.5. The van der Waals surface area contributed by atoms with Gasteiger partial charge in [-0.25, -0.2) is 0 Å². The van der Waals surface area contributed by atoms with E-state index in [0.29, 0.717) is 29.7 Å². The average Bonchev–Trinajstić information content (AvgIpc) is 3.07. The Morgan fingerprint density at radius 1 is 1.00 bits per heavy atom. The second kappa shape index (κ2) is 8.94. The van der Waals surface area contributed by atoms with Crippen molar-refractivity contribution in [1.29, 1.82) is 0 Å². The summed E-state index contributed by atoms with van der Waals surface area (Å²) in [6, 6.07) is 14.2. The second-order valence-electron chi connectivity index (χ2n) is 7.60. The van der Waals surface area contributed by atoms with Gasteiger partial charge in [0, 0.05) is 13.1 Å². The number of para-hydroxylation sites is 1. The Bertz CT molecular complexity index is 1130. The quantitative estimate of drug-likeness (QED) is 0.550. The van der Waals surface area contributed by atoms with Crippen LogP contribution in [-0.4, -0.2) is 48.5 Å². The lowest BCUT2D eigenvalue weighted by Crippen LogP contribution is -2.37. The van der Waals surface area contributed by atoms with Crippen molar-refractivity contribution in [2.45, 2.75) is 26.8 Å². The summed E-state index contributed by atoms with van der Waals surface area (Å²) in [5.41, 5.74) is 1.59. The number of carbonyl (C=O) groups is 1. The van der Waals surface area contributed by atoms with Crippen LogP contribution in [0, 0.1) is 0 Å². The zero-order valence-corrected chi connectivity index (χ0v) is 18.3. The summed E-state index contributed by atoms with van der Waals surface area (Å²) in [6.07, 6.45) is 0. The molecule has 0 spiro atoms. The zero-order valence-electron chi connectivity index (χ0n) is 18.3. The molecule has 0 bridgehead atoms. The summed E-state index contributed by atoms with van der Waals surface area (Å²) in [7, 11) is 0. The van der Waals surface area contributed by atoms with Crippen LogP contribution in [0.2, 0.25) is 0 Å². The van der Waals surface area contributed by atoms with E-state index >= 15 is 0 Å². The molecule has 0 fully saturated rings. The van der Waals surface area contributed by atoms with E-state index in [1.165, 1.54) is 0 Å². The predicted molar refractivity (Wildman–Crippen MR) is 121 cm³/mol. The number of hydrogen-bond donors (Lipinski definition) is 0. The number of ether oxygens (including phenoxy) is 1. The predicted octanol–water partition coefficient (Wildman–Crippen LogP) is 4.08. The van der Waals surface area contributed by atoms with Crippen molar-refractivity contribution < 1.29 is 13.9 Å². The molecule has 162 valence electrons. The first kappa shape index (κ1) is 21.1. The summed E-state index contributed by atoms with van der Waals surface area (Å²) < 4.78 is 11.5. The van der Waals surface area contributed by atoms with Crippen molar-refractivity contribution in [1.82, 2.24) is 9.80 Å². The molecule has 6 nitrogen and oxygen atoms in total. The molecule has 31 heavy (non-hydrogen) atoms. The fourth-order valence-corrected chi connectivity index (χ4v) is 4.25. The van der Waals surface area contributed by atoms with Crippen LogP contribution in [0.15, 0.2) is 57.7 Å². The van der Waals surface area contributed by atoms with Gasteiger partial charge in [0.05, 0.1) is 23.6 Å². The first-order valence-corrected chi connectivity index (χ1v) is 10.9. The van der Waals surface area contributed by atoms with Crippen LogP contribution in [-0.2, 0) is 0 Å². The van der Waals surface area contributed by atoms with Crippen LogP contribution in [0.25, 0.3) is 11.0 Å². The van der Waals surface area contributed by atoms with Gasteiger partial charge >= 0.3 is 0 Å². The molecule has 0 saturated carbocycles. The number of benzene rings is 2. The van der Waals surface area contributed by atoms with Crippen LogP contribution in [0.1, 0.15) is 48.5 Å². The Kier molecular flexibility index (Phi) is 6.09. The fourth-order valence-electron chi connectivity index (χ4n) is 4.25. The van der Waals surface area contributed by atoms with Gasteiger partial charge < -0.3 is 19.0 Å². The molecule has 0 saturated heterocycles. The molecule has 0 aliphatic carbocycles. The fraction of sp³-hybridized carbons (Fsp3) is 0.360. The second-order valence-corrected chi connectivity index (χ2v) is 7.60. The number of amides is 1. The molecule has 0 radical (unpaired) electrons. The summed E-state index contributed by atoms with van der Waals surface area (Å²) in [5.74, 6) is 0.682.